The molecular weight excluding hydrogens is 192 g/mol. The van der Waals surface area contributed by atoms with Gasteiger partial charge in [-0.2, -0.15) is 0 Å². The maximum Gasteiger partial charge on any atom is 0.304 e. The van der Waals surface area contributed by atoms with Gasteiger partial charge in [0, 0.05) is 31.7 Å². The molecule has 2 unspecified atom stereocenters. The molecule has 1 aliphatic heterocycles. The first-order chi connectivity index (χ1) is 7.04. The molecule has 2 atom stereocenters. The monoisotopic (exact) mass is 212 g/mol. The summed E-state index contributed by atoms with van der Waals surface area (Å²) in [4.78, 5) is 15.2. The lowest BCUT2D eigenvalue weighted by molar-refractivity contribution is -0.139. The van der Waals surface area contributed by atoms with Gasteiger partial charge in [-0.05, 0) is 14.0 Å². The minimum Gasteiger partial charge on any atom is -0.481 e. The highest BCUT2D eigenvalue weighted by Crippen LogP contribution is 2.15. The average Bonchev–Trinajstić information content (AvgIpc) is 2.13. The molecule has 4 heteroatoms. The number of nitrogens with zero attached hydrogens (tertiary/aromatic N) is 2. The molecule has 15 heavy (non-hydrogen) atoms. The molecule has 0 spiro atoms. The SMILES string of the molecule is C=CCN1CC(C)N(C)CC1CC(=O)O. The van der Waals surface area contributed by atoms with E-state index >= 15 is 0 Å². The van der Waals surface area contributed by atoms with Crippen molar-refractivity contribution >= 4 is 5.97 Å². The summed E-state index contributed by atoms with van der Waals surface area (Å²) in [5.74, 6) is -0.725. The number of carbonyl (C=O) groups is 1. The molecule has 1 rings (SSSR count). The quantitative estimate of drug-likeness (QED) is 0.695. The zero-order valence-electron chi connectivity index (χ0n) is 9.52. The maximum absolute atomic E-state index is 10.7. The Labute approximate surface area is 91.2 Å². The van der Waals surface area contributed by atoms with Crippen LogP contribution in [0.1, 0.15) is 13.3 Å². The smallest absolute Gasteiger partial charge is 0.304 e. The molecule has 1 heterocycles. The Morgan fingerprint density at radius 3 is 2.80 bits per heavy atom. The van der Waals surface area contributed by atoms with Crippen molar-refractivity contribution in [3.05, 3.63) is 12.7 Å². The number of hydrogen-bond donors (Lipinski definition) is 1. The highest BCUT2D eigenvalue weighted by atomic mass is 16.4. The van der Waals surface area contributed by atoms with Gasteiger partial charge in [-0.15, -0.1) is 6.58 Å². The Hall–Kier alpha value is -0.870. The summed E-state index contributed by atoms with van der Waals surface area (Å²) in [5.41, 5.74) is 0. The van der Waals surface area contributed by atoms with E-state index in [0.29, 0.717) is 6.04 Å². The third-order valence-electron chi connectivity index (χ3n) is 3.04. The zero-order valence-corrected chi connectivity index (χ0v) is 9.52. The van der Waals surface area contributed by atoms with Crippen LogP contribution in [0.4, 0.5) is 0 Å². The summed E-state index contributed by atoms with van der Waals surface area (Å²) < 4.78 is 0. The lowest BCUT2D eigenvalue weighted by Gasteiger charge is -2.43. The van der Waals surface area contributed by atoms with Crippen molar-refractivity contribution in [3.63, 3.8) is 0 Å². The third-order valence-corrected chi connectivity index (χ3v) is 3.04. The van der Waals surface area contributed by atoms with Gasteiger partial charge < -0.3 is 10.0 Å². The standard InChI is InChI=1S/C11H20N2O2/c1-4-5-13-7-9(2)12(3)8-10(13)6-11(14)15/h4,9-10H,1,5-8H2,2-3H3,(H,14,15). The molecule has 0 amide bonds. The summed E-state index contributed by atoms with van der Waals surface area (Å²) in [7, 11) is 2.05. The molecule has 1 N–H and O–H groups in total. The highest BCUT2D eigenvalue weighted by molar-refractivity contribution is 5.67. The summed E-state index contributed by atoms with van der Waals surface area (Å²) in [6, 6.07) is 0.594. The van der Waals surface area contributed by atoms with Crippen molar-refractivity contribution in [2.24, 2.45) is 0 Å². The fourth-order valence-corrected chi connectivity index (χ4v) is 2.04. The largest absolute Gasteiger partial charge is 0.481 e. The summed E-state index contributed by atoms with van der Waals surface area (Å²) in [6.07, 6.45) is 2.05. The minimum atomic E-state index is -0.725. The van der Waals surface area contributed by atoms with Crippen molar-refractivity contribution in [3.8, 4) is 0 Å². The van der Waals surface area contributed by atoms with Crippen LogP contribution < -0.4 is 0 Å². The molecule has 0 aliphatic carbocycles. The van der Waals surface area contributed by atoms with Gasteiger partial charge in [-0.1, -0.05) is 6.08 Å². The van der Waals surface area contributed by atoms with E-state index in [1.807, 2.05) is 13.1 Å². The molecule has 1 saturated heterocycles. The lowest BCUT2D eigenvalue weighted by Crippen LogP contribution is -2.56. The lowest BCUT2D eigenvalue weighted by atomic mass is 10.1. The van der Waals surface area contributed by atoms with Crippen molar-refractivity contribution in [2.45, 2.75) is 25.4 Å². The second-order valence-electron chi connectivity index (χ2n) is 4.28. The highest BCUT2D eigenvalue weighted by Gasteiger charge is 2.29. The molecule has 1 aliphatic rings. The van der Waals surface area contributed by atoms with Crippen LogP contribution in [0.5, 0.6) is 0 Å². The van der Waals surface area contributed by atoms with Crippen molar-refractivity contribution in [2.75, 3.05) is 26.7 Å². The van der Waals surface area contributed by atoms with E-state index in [0.717, 1.165) is 19.6 Å². The molecule has 0 saturated carbocycles. The maximum atomic E-state index is 10.7. The van der Waals surface area contributed by atoms with E-state index in [4.69, 9.17) is 5.11 Å². The first kappa shape index (κ1) is 12.2. The number of carboxylic acids is 1. The van der Waals surface area contributed by atoms with E-state index in [2.05, 4.69) is 23.3 Å². The Morgan fingerprint density at radius 1 is 1.60 bits per heavy atom. The van der Waals surface area contributed by atoms with Crippen LogP contribution in [0, 0.1) is 0 Å². The van der Waals surface area contributed by atoms with Crippen LogP contribution in [-0.2, 0) is 4.79 Å². The van der Waals surface area contributed by atoms with E-state index in [1.165, 1.54) is 0 Å². The van der Waals surface area contributed by atoms with Crippen molar-refractivity contribution in [1.29, 1.82) is 0 Å². The van der Waals surface area contributed by atoms with Crippen molar-refractivity contribution < 1.29 is 9.90 Å². The Bertz CT molecular complexity index is 243. The first-order valence-corrected chi connectivity index (χ1v) is 5.31. The first-order valence-electron chi connectivity index (χ1n) is 5.31. The minimum absolute atomic E-state index is 0.113. The van der Waals surface area contributed by atoms with Crippen LogP contribution in [0.25, 0.3) is 0 Å². The van der Waals surface area contributed by atoms with E-state index in [-0.39, 0.29) is 12.5 Å². The summed E-state index contributed by atoms with van der Waals surface area (Å²) in [6.45, 7) is 8.38. The molecule has 1 fully saturated rings. The molecule has 0 bridgehead atoms. The number of rotatable bonds is 4. The van der Waals surface area contributed by atoms with Gasteiger partial charge in [-0.25, -0.2) is 0 Å². The van der Waals surface area contributed by atoms with Gasteiger partial charge >= 0.3 is 5.97 Å². The Morgan fingerprint density at radius 2 is 2.27 bits per heavy atom. The van der Waals surface area contributed by atoms with Gasteiger partial charge in [0.05, 0.1) is 6.42 Å². The van der Waals surface area contributed by atoms with E-state index in [1.54, 1.807) is 0 Å². The molecule has 4 nitrogen and oxygen atoms in total. The van der Waals surface area contributed by atoms with Crippen LogP contribution in [0.2, 0.25) is 0 Å². The molecule has 86 valence electrons. The number of carboxylic acid groups (broad SMARTS) is 1. The van der Waals surface area contributed by atoms with Gasteiger partial charge in [0.2, 0.25) is 0 Å². The predicted octanol–water partition coefficient (Wildman–Crippen LogP) is 0.652. The fraction of sp³-hybridized carbons (Fsp3) is 0.727. The Kier molecular flexibility index (Phi) is 4.29. The normalized spacial score (nSPS) is 28.9. The van der Waals surface area contributed by atoms with Crippen LogP contribution in [-0.4, -0.2) is 59.6 Å². The van der Waals surface area contributed by atoms with Gasteiger partial charge in [0.15, 0.2) is 0 Å². The number of aliphatic carboxylic acids is 1. The van der Waals surface area contributed by atoms with E-state index < -0.39 is 5.97 Å². The predicted molar refractivity (Wildman–Crippen MR) is 59.9 cm³/mol. The van der Waals surface area contributed by atoms with Gasteiger partial charge in [0.25, 0.3) is 0 Å². The molecule has 0 aromatic rings. The number of hydrogen-bond acceptors (Lipinski definition) is 3. The summed E-state index contributed by atoms with van der Waals surface area (Å²) in [5, 5.41) is 8.83. The molecule has 0 radical (unpaired) electrons. The zero-order chi connectivity index (χ0) is 11.4. The third kappa shape index (κ3) is 3.32. The average molecular weight is 212 g/mol. The summed E-state index contributed by atoms with van der Waals surface area (Å²) >= 11 is 0. The number of piperazine rings is 1. The van der Waals surface area contributed by atoms with Crippen molar-refractivity contribution in [1.82, 2.24) is 9.80 Å². The second-order valence-corrected chi connectivity index (χ2v) is 4.28. The topological polar surface area (TPSA) is 43.8 Å². The fourth-order valence-electron chi connectivity index (χ4n) is 2.04. The van der Waals surface area contributed by atoms with Crippen LogP contribution in [0.15, 0.2) is 12.7 Å². The second kappa shape index (κ2) is 5.28. The number of likely N-dealkylation sites (N-methyl/N-ethyl adjacent to an activating group) is 1. The molecule has 0 aromatic carbocycles. The van der Waals surface area contributed by atoms with E-state index in [9.17, 15) is 4.79 Å². The van der Waals surface area contributed by atoms with Crippen LogP contribution in [0.3, 0.4) is 0 Å². The van der Waals surface area contributed by atoms with Gasteiger partial charge in [-0.3, -0.25) is 9.69 Å². The molecular formula is C11H20N2O2. The Balaban J connectivity index is 2.62. The van der Waals surface area contributed by atoms with Gasteiger partial charge in [0.1, 0.15) is 0 Å². The van der Waals surface area contributed by atoms with Crippen LogP contribution >= 0.6 is 0 Å². The molecule has 0 aromatic heterocycles.